The zero-order chi connectivity index (χ0) is 56.6. The van der Waals surface area contributed by atoms with Gasteiger partial charge >= 0.3 is 35.8 Å². The van der Waals surface area contributed by atoms with Crippen LogP contribution in [0.4, 0.5) is 0 Å². The molecule has 0 amide bonds. The van der Waals surface area contributed by atoms with E-state index in [-0.39, 0.29) is 128 Å². The molecule has 14 fully saturated rings. The molecule has 0 aromatic heterocycles. The van der Waals surface area contributed by atoms with Gasteiger partial charge in [-0.1, -0.05) is 34.6 Å². The fourth-order valence-electron chi connectivity index (χ4n) is 18.5. The van der Waals surface area contributed by atoms with Crippen molar-refractivity contribution < 1.29 is 71.4 Å². The quantitative estimate of drug-likeness (QED) is 0.0457. The molecule has 450 valence electrons. The average molecular weight is 1120 g/mol. The summed E-state index contributed by atoms with van der Waals surface area (Å²) in [6.45, 7) is 16.2. The van der Waals surface area contributed by atoms with E-state index in [0.717, 1.165) is 101 Å². The van der Waals surface area contributed by atoms with Crippen molar-refractivity contribution in [3.63, 3.8) is 0 Å². The Labute approximate surface area is 477 Å². The molecule has 0 heterocycles. The summed E-state index contributed by atoms with van der Waals surface area (Å²) >= 11 is 0. The first-order valence-corrected chi connectivity index (χ1v) is 32.3. The first-order chi connectivity index (χ1) is 38.4. The molecule has 14 rings (SSSR count). The van der Waals surface area contributed by atoms with Gasteiger partial charge in [-0.2, -0.15) is 0 Å². The van der Waals surface area contributed by atoms with E-state index in [1.54, 1.807) is 0 Å². The molecule has 14 aliphatic carbocycles. The Bertz CT molecular complexity index is 2120. The van der Waals surface area contributed by atoms with Crippen LogP contribution in [0.3, 0.4) is 0 Å². The lowest BCUT2D eigenvalue weighted by Gasteiger charge is -2.53. The summed E-state index contributed by atoms with van der Waals surface area (Å²) in [7, 11) is 0. The highest BCUT2D eigenvalue weighted by Gasteiger charge is 2.56. The monoisotopic (exact) mass is 1120 g/mol. The van der Waals surface area contributed by atoms with E-state index in [9.17, 15) is 28.8 Å². The fraction of sp³-hybridized carbons (Fsp3) is 0.908. The van der Waals surface area contributed by atoms with Crippen molar-refractivity contribution in [1.82, 2.24) is 0 Å². The van der Waals surface area contributed by atoms with Crippen molar-refractivity contribution in [1.29, 1.82) is 0 Å². The van der Waals surface area contributed by atoms with Gasteiger partial charge in [0.2, 0.25) is 0 Å². The number of carbonyl (C=O) groups is 6. The van der Waals surface area contributed by atoms with Gasteiger partial charge < -0.3 is 42.6 Å². The van der Waals surface area contributed by atoms with Gasteiger partial charge in [-0.05, 0) is 227 Å². The lowest BCUT2D eigenvalue weighted by Crippen LogP contribution is -2.49. The van der Waals surface area contributed by atoms with Crippen LogP contribution < -0.4 is 0 Å². The van der Waals surface area contributed by atoms with E-state index in [2.05, 4.69) is 0 Å². The number of esters is 6. The van der Waals surface area contributed by atoms with Crippen LogP contribution in [-0.4, -0.2) is 93.3 Å². The summed E-state index contributed by atoms with van der Waals surface area (Å²) in [6.07, 6.45) is 24.0. The predicted octanol–water partition coefficient (Wildman–Crippen LogP) is 11.6. The maximum atomic E-state index is 12.8. The topological polar surface area (TPSA) is 185 Å². The molecule has 14 aliphatic rings. The van der Waals surface area contributed by atoms with E-state index in [1.165, 1.54) is 64.2 Å². The highest BCUT2D eigenvalue weighted by Crippen LogP contribution is 2.57. The maximum absolute atomic E-state index is 12.8. The molecule has 14 unspecified atom stereocenters. The first-order valence-electron chi connectivity index (χ1n) is 32.3. The van der Waals surface area contributed by atoms with E-state index >= 15 is 0 Å². The van der Waals surface area contributed by atoms with Gasteiger partial charge in [0.25, 0.3) is 0 Å². The molecule has 80 heavy (non-hydrogen) atoms. The molecule has 15 nitrogen and oxygen atoms in total. The number of carbonyl (C=O) groups excluding carboxylic acids is 6. The Morgan fingerprint density at radius 3 is 1.05 bits per heavy atom. The molecule has 14 bridgehead atoms. The van der Waals surface area contributed by atoms with Crippen LogP contribution in [0, 0.1) is 118 Å². The molecule has 0 aliphatic heterocycles. The Kier molecular flexibility index (Phi) is 19.4. The number of rotatable bonds is 21. The lowest BCUT2D eigenvalue weighted by molar-refractivity contribution is -0.193. The van der Waals surface area contributed by atoms with E-state index in [0.29, 0.717) is 54.1 Å². The van der Waals surface area contributed by atoms with Gasteiger partial charge in [-0.3, -0.25) is 28.8 Å². The van der Waals surface area contributed by atoms with Crippen molar-refractivity contribution in [2.45, 2.75) is 227 Å². The van der Waals surface area contributed by atoms with Crippen LogP contribution in [0.25, 0.3) is 0 Å². The molecule has 0 N–H and O–H groups in total. The van der Waals surface area contributed by atoms with Gasteiger partial charge in [-0.15, -0.1) is 0 Å². The number of ether oxygens (including phenoxy) is 9. The molecule has 0 spiro atoms. The van der Waals surface area contributed by atoms with Crippen molar-refractivity contribution in [2.24, 2.45) is 118 Å². The smallest absolute Gasteiger partial charge is 0.311 e. The molecular formula is C65H100O15. The minimum absolute atomic E-state index is 0.0144. The highest BCUT2D eigenvalue weighted by atomic mass is 16.7. The SMILES string of the molecule is CCC(C)(C)C(=O)OC1CC2CC(C(=O)OCOC3C4CC5CC(C4)CC3C5)C1C2.CCC(C)C(=O)OC1CC2CC(C(=O)OCOC3C4CC5CC(C4)CC3C5)C1C2.CCOCOC(=O)C1CC2CC(OC(=O)C(C)CC)C1C2. The lowest BCUT2D eigenvalue weighted by atomic mass is 9.55. The van der Waals surface area contributed by atoms with Gasteiger partial charge in [0.15, 0.2) is 20.4 Å². The zero-order valence-electron chi connectivity index (χ0n) is 49.9. The third kappa shape index (κ3) is 13.3. The van der Waals surface area contributed by atoms with Crippen LogP contribution in [0.5, 0.6) is 0 Å². The molecule has 14 saturated carbocycles. The molecule has 0 radical (unpaired) electrons. The number of hydrogen-bond donors (Lipinski definition) is 0. The average Bonchev–Trinajstić information content (AvgIpc) is 4.42. The molecule has 0 aromatic carbocycles. The van der Waals surface area contributed by atoms with E-state index in [4.69, 9.17) is 42.6 Å². The second-order valence-electron chi connectivity index (χ2n) is 28.6. The second kappa shape index (κ2) is 25.9. The summed E-state index contributed by atoms with van der Waals surface area (Å²) in [5.74, 6) is 6.70. The van der Waals surface area contributed by atoms with Crippen molar-refractivity contribution >= 4 is 35.8 Å². The van der Waals surface area contributed by atoms with Crippen LogP contribution in [0.2, 0.25) is 0 Å². The Balaban J connectivity index is 0.000000138. The van der Waals surface area contributed by atoms with Gasteiger partial charge in [0, 0.05) is 24.4 Å². The molecule has 15 heteroatoms. The van der Waals surface area contributed by atoms with E-state index < -0.39 is 5.41 Å². The minimum atomic E-state index is -0.468. The second-order valence-corrected chi connectivity index (χ2v) is 28.6. The zero-order valence-corrected chi connectivity index (χ0v) is 49.9. The Morgan fingerprint density at radius 2 is 0.738 bits per heavy atom. The van der Waals surface area contributed by atoms with Gasteiger partial charge in [-0.25, -0.2) is 0 Å². The van der Waals surface area contributed by atoms with Crippen LogP contribution in [0.1, 0.15) is 197 Å². The summed E-state index contributed by atoms with van der Waals surface area (Å²) in [5, 5.41) is 0. The first kappa shape index (κ1) is 59.8. The number of fused-ring (bicyclic) bond motifs is 6. The van der Waals surface area contributed by atoms with Crippen molar-refractivity contribution in [3.05, 3.63) is 0 Å². The summed E-state index contributed by atoms with van der Waals surface area (Å²) in [4.78, 5) is 74.3. The van der Waals surface area contributed by atoms with E-state index in [1.807, 2.05) is 55.4 Å². The van der Waals surface area contributed by atoms with Crippen LogP contribution >= 0.6 is 0 Å². The van der Waals surface area contributed by atoms with Gasteiger partial charge in [0.05, 0.1) is 47.2 Å². The summed E-state index contributed by atoms with van der Waals surface area (Å²) in [6, 6.07) is 0. The molecular weight excluding hydrogens is 1020 g/mol. The summed E-state index contributed by atoms with van der Waals surface area (Å²) < 4.78 is 51.0. The normalized spacial score (nSPS) is 41.2. The fourth-order valence-corrected chi connectivity index (χ4v) is 18.5. The predicted molar refractivity (Wildman–Crippen MR) is 294 cm³/mol. The van der Waals surface area contributed by atoms with Crippen molar-refractivity contribution in [3.8, 4) is 0 Å². The maximum Gasteiger partial charge on any atom is 0.311 e. The minimum Gasteiger partial charge on any atom is -0.462 e. The standard InChI is InChI=1S/C25H38O5.C24H36O5.C16H26O5/c1-4-25(2,3)24(27)30-21-12-16-10-19(21)20(11-16)23(26)29-13-28-22-17-6-14-5-15(8-17)9-18(22)7-14;1-3-13(2)23(25)29-21-11-16-9-19(21)20(10-16)24(26)28-12-27-22-17-5-14-4-15(7-17)8-18(22)6-14;1-4-10(3)15(17)21-14-8-11-6-12(14)13(7-11)16(18)20-9-19-5-2/h14-22H,4-13H2,1-3H3;13-22H,3-12H2,1-2H3;10-14H,4-9H2,1-3H3. The Hall–Kier alpha value is -3.30. The number of hydrogen-bond acceptors (Lipinski definition) is 15. The molecule has 0 saturated heterocycles. The summed E-state index contributed by atoms with van der Waals surface area (Å²) in [5.41, 5.74) is -0.468. The van der Waals surface area contributed by atoms with Crippen molar-refractivity contribution in [2.75, 3.05) is 27.0 Å². The van der Waals surface area contributed by atoms with Gasteiger partial charge in [0.1, 0.15) is 18.3 Å². The Morgan fingerprint density at radius 1 is 0.412 bits per heavy atom. The third-order valence-electron chi connectivity index (χ3n) is 23.1. The largest absolute Gasteiger partial charge is 0.462 e. The van der Waals surface area contributed by atoms with Crippen LogP contribution in [-0.2, 0) is 71.4 Å². The third-order valence-corrected chi connectivity index (χ3v) is 23.1. The highest BCUT2D eigenvalue weighted by molar-refractivity contribution is 5.77. The molecule has 14 atom stereocenters. The molecule has 0 aromatic rings. The van der Waals surface area contributed by atoms with Crippen LogP contribution in [0.15, 0.2) is 0 Å².